The summed E-state index contributed by atoms with van der Waals surface area (Å²) in [5.74, 6) is 1.02. The lowest BCUT2D eigenvalue weighted by Crippen LogP contribution is -1.96. The number of aromatic nitrogens is 2. The zero-order valence-corrected chi connectivity index (χ0v) is 10.3. The number of hydrogen-bond acceptors (Lipinski definition) is 6. The second-order valence-electron chi connectivity index (χ2n) is 3.76. The molecule has 0 atom stereocenters. The minimum atomic E-state index is -0.000860. The first-order valence-corrected chi connectivity index (χ1v) is 5.62. The van der Waals surface area contributed by atoms with Gasteiger partial charge in [-0.2, -0.15) is 4.98 Å². The van der Waals surface area contributed by atoms with Gasteiger partial charge in [-0.15, -0.1) is 0 Å². The lowest BCUT2D eigenvalue weighted by atomic mass is 10.1. The van der Waals surface area contributed by atoms with Gasteiger partial charge in [0.05, 0.1) is 19.2 Å². The fourth-order valence-corrected chi connectivity index (χ4v) is 1.64. The number of nitrogens with zero attached hydrogens (tertiary/aromatic N) is 2. The van der Waals surface area contributed by atoms with Gasteiger partial charge in [0.15, 0.2) is 11.5 Å². The topological polar surface area (TPSA) is 94.4 Å². The third kappa shape index (κ3) is 2.14. The average Bonchev–Trinajstić information content (AvgIpc) is 2.87. The molecule has 1 aromatic carbocycles. The van der Waals surface area contributed by atoms with E-state index in [9.17, 15) is 5.11 Å². The molecule has 0 radical (unpaired) electrons. The molecule has 0 aliphatic rings. The van der Waals surface area contributed by atoms with Crippen molar-refractivity contribution in [2.45, 2.75) is 19.9 Å². The van der Waals surface area contributed by atoms with E-state index in [0.29, 0.717) is 23.0 Å². The fraction of sp³-hybridized carbons (Fsp3) is 0.333. The van der Waals surface area contributed by atoms with Crippen LogP contribution in [0, 0.1) is 0 Å². The van der Waals surface area contributed by atoms with Crippen molar-refractivity contribution in [1.29, 1.82) is 0 Å². The van der Waals surface area contributed by atoms with Crippen LogP contribution in [0.5, 0.6) is 11.5 Å². The summed E-state index contributed by atoms with van der Waals surface area (Å²) in [6, 6.07) is 3.59. The molecular formula is C12H15N3O3. The Hall–Kier alpha value is -2.08. The molecule has 0 bridgehead atoms. The molecule has 0 aliphatic heterocycles. The standard InChI is InChI=1S/C12H15N3O3/c1-3-7-4-8(11(16)9(5-7)17-2)12-14-10(6-13)18-15-12/h4-5,16H,3,6,13H2,1-2H3. The van der Waals surface area contributed by atoms with Gasteiger partial charge < -0.3 is 20.1 Å². The van der Waals surface area contributed by atoms with E-state index in [1.165, 1.54) is 7.11 Å². The van der Waals surface area contributed by atoms with Crippen LogP contribution in [0.3, 0.4) is 0 Å². The lowest BCUT2D eigenvalue weighted by molar-refractivity contribution is 0.371. The number of benzene rings is 1. The van der Waals surface area contributed by atoms with Crippen LogP contribution in [0.15, 0.2) is 16.7 Å². The maximum Gasteiger partial charge on any atom is 0.240 e. The normalized spacial score (nSPS) is 10.6. The minimum Gasteiger partial charge on any atom is -0.504 e. The van der Waals surface area contributed by atoms with E-state index in [0.717, 1.165) is 12.0 Å². The molecule has 3 N–H and O–H groups in total. The van der Waals surface area contributed by atoms with E-state index >= 15 is 0 Å². The predicted octanol–water partition coefficient (Wildman–Crippen LogP) is 1.47. The molecule has 0 unspecified atom stereocenters. The highest BCUT2D eigenvalue weighted by molar-refractivity contribution is 5.69. The largest absolute Gasteiger partial charge is 0.504 e. The summed E-state index contributed by atoms with van der Waals surface area (Å²) >= 11 is 0. The monoisotopic (exact) mass is 249 g/mol. The number of phenols is 1. The van der Waals surface area contributed by atoms with Crippen molar-refractivity contribution < 1.29 is 14.4 Å². The molecule has 0 saturated carbocycles. The highest BCUT2D eigenvalue weighted by Crippen LogP contribution is 2.37. The molecule has 96 valence electrons. The van der Waals surface area contributed by atoms with E-state index in [4.69, 9.17) is 15.0 Å². The number of aromatic hydroxyl groups is 1. The molecule has 6 nitrogen and oxygen atoms in total. The molecule has 0 aliphatic carbocycles. The first kappa shape index (κ1) is 12.4. The van der Waals surface area contributed by atoms with Gasteiger partial charge in [-0.1, -0.05) is 12.1 Å². The third-order valence-electron chi connectivity index (χ3n) is 2.65. The first-order chi connectivity index (χ1) is 8.69. The van der Waals surface area contributed by atoms with E-state index in [2.05, 4.69) is 10.1 Å². The zero-order valence-electron chi connectivity index (χ0n) is 10.3. The predicted molar refractivity (Wildman–Crippen MR) is 65.2 cm³/mol. The number of rotatable bonds is 4. The second-order valence-corrected chi connectivity index (χ2v) is 3.76. The molecule has 6 heteroatoms. The van der Waals surface area contributed by atoms with Crippen molar-refractivity contribution in [1.82, 2.24) is 10.1 Å². The van der Waals surface area contributed by atoms with E-state index in [1.54, 1.807) is 6.07 Å². The number of aryl methyl sites for hydroxylation is 1. The first-order valence-electron chi connectivity index (χ1n) is 5.62. The SMILES string of the molecule is CCc1cc(OC)c(O)c(-c2noc(CN)n2)c1. The number of nitrogens with two attached hydrogens (primary N) is 1. The fourth-order valence-electron chi connectivity index (χ4n) is 1.64. The van der Waals surface area contributed by atoms with Crippen LogP contribution in [-0.4, -0.2) is 22.4 Å². The van der Waals surface area contributed by atoms with Crippen molar-refractivity contribution in [3.05, 3.63) is 23.6 Å². The molecule has 1 aromatic heterocycles. The van der Waals surface area contributed by atoms with Crippen LogP contribution in [0.2, 0.25) is 0 Å². The van der Waals surface area contributed by atoms with Crippen LogP contribution in [0.4, 0.5) is 0 Å². The van der Waals surface area contributed by atoms with Crippen LogP contribution < -0.4 is 10.5 Å². The molecule has 0 fully saturated rings. The molecule has 0 saturated heterocycles. The second kappa shape index (κ2) is 5.05. The summed E-state index contributed by atoms with van der Waals surface area (Å²) in [4.78, 5) is 4.09. The Bertz CT molecular complexity index is 551. The number of phenolic OH excluding ortho intramolecular Hbond substituents is 1. The molecule has 0 spiro atoms. The lowest BCUT2D eigenvalue weighted by Gasteiger charge is -2.08. The van der Waals surface area contributed by atoms with Gasteiger partial charge in [-0.05, 0) is 24.1 Å². The summed E-state index contributed by atoms with van der Waals surface area (Å²) in [7, 11) is 1.50. The molecular weight excluding hydrogens is 234 g/mol. The van der Waals surface area contributed by atoms with Crippen LogP contribution in [0.1, 0.15) is 18.4 Å². The summed E-state index contributed by atoms with van der Waals surface area (Å²) in [5, 5.41) is 13.9. The molecule has 2 aromatic rings. The van der Waals surface area contributed by atoms with Crippen LogP contribution in [-0.2, 0) is 13.0 Å². The summed E-state index contributed by atoms with van der Waals surface area (Å²) < 4.78 is 10.1. The summed E-state index contributed by atoms with van der Waals surface area (Å²) in [5.41, 5.74) is 6.90. The Balaban J connectivity index is 2.54. The van der Waals surface area contributed by atoms with Gasteiger partial charge in [0.1, 0.15) is 0 Å². The van der Waals surface area contributed by atoms with Gasteiger partial charge in [0, 0.05) is 0 Å². The number of ether oxygens (including phenoxy) is 1. The quantitative estimate of drug-likeness (QED) is 0.852. The maximum absolute atomic E-state index is 10.1. The summed E-state index contributed by atoms with van der Waals surface area (Å²) in [6.45, 7) is 2.18. The Labute approximate surface area is 104 Å². The van der Waals surface area contributed by atoms with E-state index in [-0.39, 0.29) is 12.3 Å². The van der Waals surface area contributed by atoms with Gasteiger partial charge in [-0.3, -0.25) is 0 Å². The summed E-state index contributed by atoms with van der Waals surface area (Å²) in [6.07, 6.45) is 0.811. The molecule has 1 heterocycles. The zero-order chi connectivity index (χ0) is 13.1. The minimum absolute atomic E-state index is 0.000860. The van der Waals surface area contributed by atoms with Crippen molar-refractivity contribution >= 4 is 0 Å². The van der Waals surface area contributed by atoms with Gasteiger partial charge in [0.2, 0.25) is 11.7 Å². The number of methoxy groups -OCH3 is 1. The molecule has 0 amide bonds. The molecule has 18 heavy (non-hydrogen) atoms. The van der Waals surface area contributed by atoms with Gasteiger partial charge in [0.25, 0.3) is 0 Å². The van der Waals surface area contributed by atoms with Gasteiger partial charge in [-0.25, -0.2) is 0 Å². The Morgan fingerprint density at radius 2 is 2.22 bits per heavy atom. The maximum atomic E-state index is 10.1. The van der Waals surface area contributed by atoms with Crippen LogP contribution >= 0.6 is 0 Å². The van der Waals surface area contributed by atoms with Crippen molar-refractivity contribution in [2.75, 3.05) is 7.11 Å². The van der Waals surface area contributed by atoms with Crippen molar-refractivity contribution in [3.8, 4) is 22.9 Å². The molecule has 2 rings (SSSR count). The Morgan fingerprint density at radius 1 is 1.44 bits per heavy atom. The average molecular weight is 249 g/mol. The smallest absolute Gasteiger partial charge is 0.240 e. The Morgan fingerprint density at radius 3 is 2.78 bits per heavy atom. The Kier molecular flexibility index (Phi) is 3.47. The van der Waals surface area contributed by atoms with E-state index < -0.39 is 0 Å². The third-order valence-corrected chi connectivity index (χ3v) is 2.65. The highest BCUT2D eigenvalue weighted by atomic mass is 16.5. The van der Waals surface area contributed by atoms with Crippen molar-refractivity contribution in [3.63, 3.8) is 0 Å². The van der Waals surface area contributed by atoms with Gasteiger partial charge >= 0.3 is 0 Å². The highest BCUT2D eigenvalue weighted by Gasteiger charge is 2.16. The van der Waals surface area contributed by atoms with Crippen LogP contribution in [0.25, 0.3) is 11.4 Å². The van der Waals surface area contributed by atoms with Crippen molar-refractivity contribution in [2.24, 2.45) is 5.73 Å². The van der Waals surface area contributed by atoms with E-state index in [1.807, 2.05) is 13.0 Å². The number of hydrogen-bond donors (Lipinski definition) is 2.